The van der Waals surface area contributed by atoms with Crippen LogP contribution in [0.3, 0.4) is 0 Å². The van der Waals surface area contributed by atoms with Crippen LogP contribution in [0.5, 0.6) is 0 Å². The Kier molecular flexibility index (Phi) is 8.76. The first-order valence-corrected chi connectivity index (χ1v) is 12.0. The van der Waals surface area contributed by atoms with Gasteiger partial charge in [0, 0.05) is 13.2 Å². The highest BCUT2D eigenvalue weighted by Gasteiger charge is 2.38. The number of ether oxygens (including phenoxy) is 1. The molecule has 162 valence electrons. The molecule has 30 heavy (non-hydrogen) atoms. The van der Waals surface area contributed by atoms with Gasteiger partial charge in [0.15, 0.2) is 0 Å². The van der Waals surface area contributed by atoms with E-state index in [1.54, 1.807) is 5.56 Å². The van der Waals surface area contributed by atoms with E-state index in [0.29, 0.717) is 0 Å². The topological polar surface area (TPSA) is 33.0 Å². The van der Waals surface area contributed by atoms with Gasteiger partial charge in [-0.15, -0.1) is 0 Å². The average molecular weight is 406 g/mol. The number of hydrogen-bond donors (Lipinski definition) is 0. The van der Waals surface area contributed by atoms with Crippen LogP contribution in [-0.4, -0.2) is 12.7 Å². The predicted molar refractivity (Wildman–Crippen MR) is 125 cm³/mol. The molecule has 0 saturated heterocycles. The fraction of sp³-hybridized carbons (Fsp3) is 0.607. The molecule has 0 N–H and O–H groups in total. The maximum absolute atomic E-state index is 8.54. The lowest BCUT2D eigenvalue weighted by Gasteiger charge is -2.43. The number of nitrogens with zero attached hydrogens (tertiary/aromatic N) is 1. The summed E-state index contributed by atoms with van der Waals surface area (Å²) in [6.45, 7) is 2.23. The van der Waals surface area contributed by atoms with E-state index in [1.165, 1.54) is 63.0 Å². The molecule has 1 aromatic carbocycles. The smallest absolute Gasteiger partial charge is 0.0912 e. The molecular weight excluding hydrogens is 366 g/mol. The summed E-state index contributed by atoms with van der Waals surface area (Å²) in [5, 5.41) is 8.54. The van der Waals surface area contributed by atoms with E-state index >= 15 is 0 Å². The second-order valence-electron chi connectivity index (χ2n) is 9.39. The molecule has 0 aliphatic heterocycles. The molecular formula is C28H39NO. The van der Waals surface area contributed by atoms with Crippen molar-refractivity contribution in [2.75, 3.05) is 7.11 Å². The van der Waals surface area contributed by atoms with Crippen molar-refractivity contribution < 1.29 is 4.74 Å². The van der Waals surface area contributed by atoms with Crippen LogP contribution < -0.4 is 0 Å². The summed E-state index contributed by atoms with van der Waals surface area (Å²) in [6, 6.07) is 11.4. The van der Waals surface area contributed by atoms with Gasteiger partial charge in [-0.25, -0.2) is 0 Å². The van der Waals surface area contributed by atoms with Crippen molar-refractivity contribution in [3.05, 3.63) is 59.7 Å². The minimum atomic E-state index is 0.0675. The van der Waals surface area contributed by atoms with E-state index in [2.05, 4.69) is 37.3 Å². The first kappa shape index (κ1) is 22.8. The third-order valence-corrected chi connectivity index (χ3v) is 7.86. The number of allylic oxidation sites excluding steroid dienone is 4. The SMILES string of the molecule is CCc1ccc([C@H]2CC[C@H]([C@H]3CC[C@@](CCC=CC=CC#N)(OC)CC3)CC2)cc1. The summed E-state index contributed by atoms with van der Waals surface area (Å²) in [6.07, 6.45) is 21.3. The summed E-state index contributed by atoms with van der Waals surface area (Å²) >= 11 is 0. The lowest BCUT2D eigenvalue weighted by Crippen LogP contribution is -2.38. The number of methoxy groups -OCH3 is 1. The van der Waals surface area contributed by atoms with Gasteiger partial charge in [-0.1, -0.05) is 49.4 Å². The van der Waals surface area contributed by atoms with Crippen molar-refractivity contribution in [3.8, 4) is 6.07 Å². The molecule has 2 aliphatic rings. The van der Waals surface area contributed by atoms with Crippen LogP contribution in [0.15, 0.2) is 48.6 Å². The lowest BCUT2D eigenvalue weighted by atomic mass is 9.66. The fourth-order valence-electron chi connectivity index (χ4n) is 5.76. The van der Waals surface area contributed by atoms with E-state index in [-0.39, 0.29) is 5.60 Å². The molecule has 0 bridgehead atoms. The number of aryl methyl sites for hydroxylation is 1. The first-order chi connectivity index (χ1) is 14.7. The van der Waals surface area contributed by atoms with Gasteiger partial charge in [0.05, 0.1) is 11.7 Å². The molecule has 0 atom stereocenters. The van der Waals surface area contributed by atoms with Crippen LogP contribution in [-0.2, 0) is 11.2 Å². The van der Waals surface area contributed by atoms with Gasteiger partial charge < -0.3 is 4.74 Å². The van der Waals surface area contributed by atoms with E-state index < -0.39 is 0 Å². The second-order valence-corrected chi connectivity index (χ2v) is 9.39. The van der Waals surface area contributed by atoms with E-state index in [4.69, 9.17) is 10.00 Å². The van der Waals surface area contributed by atoms with Gasteiger partial charge in [0.2, 0.25) is 0 Å². The van der Waals surface area contributed by atoms with E-state index in [1.807, 2.05) is 25.3 Å². The molecule has 2 nitrogen and oxygen atoms in total. The predicted octanol–water partition coefficient (Wildman–Crippen LogP) is 7.51. The molecule has 0 heterocycles. The molecule has 0 amide bonds. The van der Waals surface area contributed by atoms with Crippen molar-refractivity contribution >= 4 is 0 Å². The third kappa shape index (κ3) is 6.08. The van der Waals surface area contributed by atoms with Crippen molar-refractivity contribution in [1.82, 2.24) is 0 Å². The van der Waals surface area contributed by atoms with E-state index in [9.17, 15) is 0 Å². The highest BCUT2D eigenvalue weighted by molar-refractivity contribution is 5.25. The van der Waals surface area contributed by atoms with Crippen molar-refractivity contribution in [2.24, 2.45) is 11.8 Å². The molecule has 3 rings (SSSR count). The highest BCUT2D eigenvalue weighted by atomic mass is 16.5. The Hall–Kier alpha value is -1.85. The Balaban J connectivity index is 1.44. The van der Waals surface area contributed by atoms with Crippen LogP contribution in [0, 0.1) is 23.2 Å². The lowest BCUT2D eigenvalue weighted by molar-refractivity contribution is -0.0614. The maximum Gasteiger partial charge on any atom is 0.0912 e. The van der Waals surface area contributed by atoms with Crippen LogP contribution in [0.2, 0.25) is 0 Å². The van der Waals surface area contributed by atoms with Crippen LogP contribution in [0.25, 0.3) is 0 Å². The minimum absolute atomic E-state index is 0.0675. The first-order valence-electron chi connectivity index (χ1n) is 12.0. The molecule has 0 radical (unpaired) electrons. The molecule has 2 aliphatic carbocycles. The Bertz CT molecular complexity index is 723. The van der Waals surface area contributed by atoms with Gasteiger partial charge >= 0.3 is 0 Å². The number of benzene rings is 1. The van der Waals surface area contributed by atoms with Gasteiger partial charge in [-0.3, -0.25) is 0 Å². The third-order valence-electron chi connectivity index (χ3n) is 7.86. The highest BCUT2D eigenvalue weighted by Crippen LogP contribution is 2.46. The quantitative estimate of drug-likeness (QED) is 0.331. The monoisotopic (exact) mass is 405 g/mol. The zero-order valence-corrected chi connectivity index (χ0v) is 19.0. The molecule has 1 aromatic rings. The summed E-state index contributed by atoms with van der Waals surface area (Å²) in [4.78, 5) is 0. The van der Waals surface area contributed by atoms with Crippen molar-refractivity contribution in [3.63, 3.8) is 0 Å². The normalized spacial score (nSPS) is 30.0. The fourth-order valence-corrected chi connectivity index (χ4v) is 5.76. The van der Waals surface area contributed by atoms with Gasteiger partial charge in [0.1, 0.15) is 0 Å². The number of rotatable bonds is 8. The Morgan fingerprint density at radius 3 is 2.27 bits per heavy atom. The number of hydrogen-bond acceptors (Lipinski definition) is 2. The van der Waals surface area contributed by atoms with Crippen molar-refractivity contribution in [2.45, 2.75) is 89.1 Å². The minimum Gasteiger partial charge on any atom is -0.378 e. The van der Waals surface area contributed by atoms with Crippen LogP contribution in [0.1, 0.15) is 88.2 Å². The molecule has 0 aromatic heterocycles. The number of nitriles is 1. The largest absolute Gasteiger partial charge is 0.378 e. The zero-order chi connectivity index (χ0) is 21.2. The zero-order valence-electron chi connectivity index (χ0n) is 19.0. The molecule has 2 heteroatoms. The van der Waals surface area contributed by atoms with E-state index in [0.717, 1.165) is 37.0 Å². The summed E-state index contributed by atoms with van der Waals surface area (Å²) in [7, 11) is 1.90. The van der Waals surface area contributed by atoms with Crippen LogP contribution >= 0.6 is 0 Å². The Morgan fingerprint density at radius 2 is 1.67 bits per heavy atom. The molecule has 0 unspecified atom stereocenters. The standard InChI is InChI=1S/C28H39NO/c1-3-23-9-11-24(12-10-23)25-13-15-26(16-14-25)27-17-20-28(30-2,21-18-27)19-7-5-4-6-8-22-29/h4-6,8-12,25-27H,3,7,13-21H2,1-2H3/t25-,26-,27-,28+. The molecule has 0 spiro atoms. The Labute approximate surface area is 184 Å². The average Bonchev–Trinajstić information content (AvgIpc) is 2.82. The second kappa shape index (κ2) is 11.5. The van der Waals surface area contributed by atoms with Gasteiger partial charge in [0.25, 0.3) is 0 Å². The Morgan fingerprint density at radius 1 is 1.00 bits per heavy atom. The van der Waals surface area contributed by atoms with Gasteiger partial charge in [-0.05, 0) is 99.5 Å². The summed E-state index contributed by atoms with van der Waals surface area (Å²) in [5.41, 5.74) is 3.08. The summed E-state index contributed by atoms with van der Waals surface area (Å²) < 4.78 is 6.03. The van der Waals surface area contributed by atoms with Gasteiger partial charge in [-0.2, -0.15) is 5.26 Å². The van der Waals surface area contributed by atoms with Crippen LogP contribution in [0.4, 0.5) is 0 Å². The summed E-state index contributed by atoms with van der Waals surface area (Å²) in [5.74, 6) is 2.59. The molecule has 2 saturated carbocycles. The van der Waals surface area contributed by atoms with Crippen molar-refractivity contribution in [1.29, 1.82) is 5.26 Å². The maximum atomic E-state index is 8.54. The molecule has 2 fully saturated rings.